The lowest BCUT2D eigenvalue weighted by Gasteiger charge is -2.13. The van der Waals surface area contributed by atoms with E-state index >= 15 is 0 Å². The standard InChI is InChI=1S/C22H35N5O2/c1-5-23-22(24-11-6-8-19-15-26-27(3)17-19)25-16-20-10-9-18(2)14-21(20)29-13-7-12-28-4/h9-10,14-15,17H,5-8,11-13,16H2,1-4H3,(H2,23,24,25). The Morgan fingerprint density at radius 1 is 1.21 bits per heavy atom. The summed E-state index contributed by atoms with van der Waals surface area (Å²) in [4.78, 5) is 4.74. The molecule has 0 fully saturated rings. The first-order chi connectivity index (χ1) is 14.1. The molecule has 2 aromatic rings. The van der Waals surface area contributed by atoms with Crippen LogP contribution in [-0.2, 0) is 24.8 Å². The first-order valence-corrected chi connectivity index (χ1v) is 10.3. The lowest BCUT2D eigenvalue weighted by molar-refractivity contribution is 0.172. The van der Waals surface area contributed by atoms with Crippen molar-refractivity contribution in [2.24, 2.45) is 12.0 Å². The molecule has 7 heteroatoms. The fourth-order valence-electron chi connectivity index (χ4n) is 2.92. The third-order valence-corrected chi connectivity index (χ3v) is 4.42. The number of aliphatic imine (C=N–C) groups is 1. The molecule has 0 aliphatic carbocycles. The minimum atomic E-state index is 0.567. The molecule has 0 aliphatic heterocycles. The molecule has 0 saturated heterocycles. The molecule has 0 aliphatic rings. The van der Waals surface area contributed by atoms with Gasteiger partial charge in [-0.1, -0.05) is 12.1 Å². The number of aromatic nitrogens is 2. The molecule has 2 N–H and O–H groups in total. The van der Waals surface area contributed by atoms with Crippen LogP contribution in [0.3, 0.4) is 0 Å². The highest BCUT2D eigenvalue weighted by atomic mass is 16.5. The van der Waals surface area contributed by atoms with Crippen LogP contribution < -0.4 is 15.4 Å². The number of aryl methyl sites for hydroxylation is 3. The lowest BCUT2D eigenvalue weighted by atomic mass is 10.1. The minimum Gasteiger partial charge on any atom is -0.493 e. The maximum Gasteiger partial charge on any atom is 0.191 e. The van der Waals surface area contributed by atoms with Gasteiger partial charge in [-0.15, -0.1) is 0 Å². The van der Waals surface area contributed by atoms with Gasteiger partial charge in [0.1, 0.15) is 5.75 Å². The predicted molar refractivity (Wildman–Crippen MR) is 118 cm³/mol. The topological polar surface area (TPSA) is 72.7 Å². The van der Waals surface area contributed by atoms with E-state index in [9.17, 15) is 0 Å². The molecule has 0 atom stereocenters. The summed E-state index contributed by atoms with van der Waals surface area (Å²) in [5.74, 6) is 1.72. The van der Waals surface area contributed by atoms with E-state index in [1.54, 1.807) is 7.11 Å². The SMILES string of the molecule is CCNC(=NCc1ccc(C)cc1OCCCOC)NCCCc1cnn(C)c1. The second kappa shape index (κ2) is 12.8. The predicted octanol–water partition coefficient (Wildman–Crippen LogP) is 2.83. The van der Waals surface area contributed by atoms with Gasteiger partial charge in [-0.2, -0.15) is 5.10 Å². The molecule has 2 rings (SSSR count). The van der Waals surface area contributed by atoms with E-state index in [1.165, 1.54) is 11.1 Å². The van der Waals surface area contributed by atoms with Crippen LogP contribution in [0.15, 0.2) is 35.6 Å². The van der Waals surface area contributed by atoms with Gasteiger partial charge in [0.25, 0.3) is 0 Å². The van der Waals surface area contributed by atoms with Crippen LogP contribution in [0.2, 0.25) is 0 Å². The summed E-state index contributed by atoms with van der Waals surface area (Å²) in [5.41, 5.74) is 3.52. The minimum absolute atomic E-state index is 0.567. The van der Waals surface area contributed by atoms with E-state index in [1.807, 2.05) is 17.9 Å². The summed E-state index contributed by atoms with van der Waals surface area (Å²) in [6.07, 6.45) is 6.87. The Morgan fingerprint density at radius 2 is 2.07 bits per heavy atom. The maximum atomic E-state index is 5.96. The van der Waals surface area contributed by atoms with Gasteiger partial charge >= 0.3 is 0 Å². The van der Waals surface area contributed by atoms with Crippen molar-refractivity contribution in [2.45, 2.75) is 39.7 Å². The summed E-state index contributed by atoms with van der Waals surface area (Å²) in [6.45, 7) is 7.73. The van der Waals surface area contributed by atoms with Gasteiger partial charge in [-0.05, 0) is 43.9 Å². The zero-order chi connectivity index (χ0) is 20.9. The van der Waals surface area contributed by atoms with Crippen LogP contribution in [0.25, 0.3) is 0 Å². The zero-order valence-corrected chi connectivity index (χ0v) is 18.2. The van der Waals surface area contributed by atoms with Gasteiger partial charge in [0, 0.05) is 52.0 Å². The molecule has 1 aromatic heterocycles. The molecule has 0 spiro atoms. The molecular weight excluding hydrogens is 366 g/mol. The normalized spacial score (nSPS) is 11.5. The molecular formula is C22H35N5O2. The largest absolute Gasteiger partial charge is 0.493 e. The Kier molecular flexibility index (Phi) is 10.1. The summed E-state index contributed by atoms with van der Waals surface area (Å²) in [7, 11) is 3.65. The Labute approximate surface area is 174 Å². The summed E-state index contributed by atoms with van der Waals surface area (Å²) >= 11 is 0. The number of rotatable bonds is 12. The van der Waals surface area contributed by atoms with Crippen molar-refractivity contribution in [3.63, 3.8) is 0 Å². The molecule has 29 heavy (non-hydrogen) atoms. The van der Waals surface area contributed by atoms with Crippen molar-refractivity contribution in [2.75, 3.05) is 33.4 Å². The number of nitrogens with one attached hydrogen (secondary N) is 2. The lowest BCUT2D eigenvalue weighted by Crippen LogP contribution is -2.37. The van der Waals surface area contributed by atoms with Gasteiger partial charge in [0.2, 0.25) is 0 Å². The van der Waals surface area contributed by atoms with Gasteiger partial charge in [-0.3, -0.25) is 4.68 Å². The average Bonchev–Trinajstić information content (AvgIpc) is 3.12. The number of hydrogen-bond donors (Lipinski definition) is 2. The highest BCUT2D eigenvalue weighted by molar-refractivity contribution is 5.79. The van der Waals surface area contributed by atoms with E-state index in [-0.39, 0.29) is 0 Å². The van der Waals surface area contributed by atoms with Crippen LogP contribution in [-0.4, -0.2) is 49.2 Å². The number of methoxy groups -OCH3 is 1. The van der Waals surface area contributed by atoms with Crippen LogP contribution in [0, 0.1) is 6.92 Å². The van der Waals surface area contributed by atoms with Crippen LogP contribution >= 0.6 is 0 Å². The van der Waals surface area contributed by atoms with E-state index in [4.69, 9.17) is 14.5 Å². The third kappa shape index (κ3) is 8.56. The third-order valence-electron chi connectivity index (χ3n) is 4.42. The van der Waals surface area contributed by atoms with E-state index in [0.29, 0.717) is 19.8 Å². The number of benzene rings is 1. The first-order valence-electron chi connectivity index (χ1n) is 10.3. The molecule has 0 bridgehead atoms. The monoisotopic (exact) mass is 401 g/mol. The van der Waals surface area contributed by atoms with Crippen LogP contribution in [0.5, 0.6) is 5.75 Å². The Bertz CT molecular complexity index is 757. The van der Waals surface area contributed by atoms with E-state index < -0.39 is 0 Å². The van der Waals surface area contributed by atoms with Crippen molar-refractivity contribution in [1.29, 1.82) is 0 Å². The zero-order valence-electron chi connectivity index (χ0n) is 18.2. The Morgan fingerprint density at radius 3 is 2.79 bits per heavy atom. The van der Waals surface area contributed by atoms with E-state index in [2.05, 4.69) is 54.0 Å². The first kappa shape index (κ1) is 22.7. The smallest absolute Gasteiger partial charge is 0.191 e. The Balaban J connectivity index is 1.89. The molecule has 0 radical (unpaired) electrons. The molecule has 0 saturated carbocycles. The van der Waals surface area contributed by atoms with Gasteiger partial charge in [0.15, 0.2) is 5.96 Å². The fourth-order valence-corrected chi connectivity index (χ4v) is 2.92. The quantitative estimate of drug-likeness (QED) is 0.325. The number of nitrogens with zero attached hydrogens (tertiary/aromatic N) is 3. The van der Waals surface area contributed by atoms with Crippen LogP contribution in [0.1, 0.15) is 36.5 Å². The summed E-state index contributed by atoms with van der Waals surface area (Å²) in [5, 5.41) is 10.9. The average molecular weight is 402 g/mol. The maximum absolute atomic E-state index is 5.96. The van der Waals surface area contributed by atoms with E-state index in [0.717, 1.165) is 49.6 Å². The van der Waals surface area contributed by atoms with Crippen LogP contribution in [0.4, 0.5) is 0 Å². The fraction of sp³-hybridized carbons (Fsp3) is 0.545. The van der Waals surface area contributed by atoms with Gasteiger partial charge < -0.3 is 20.1 Å². The molecule has 160 valence electrons. The van der Waals surface area contributed by atoms with Crippen molar-refractivity contribution < 1.29 is 9.47 Å². The highest BCUT2D eigenvalue weighted by Crippen LogP contribution is 2.21. The highest BCUT2D eigenvalue weighted by Gasteiger charge is 2.05. The molecule has 7 nitrogen and oxygen atoms in total. The summed E-state index contributed by atoms with van der Waals surface area (Å²) in [6, 6.07) is 6.27. The number of hydrogen-bond acceptors (Lipinski definition) is 4. The van der Waals surface area contributed by atoms with Crippen molar-refractivity contribution in [1.82, 2.24) is 20.4 Å². The molecule has 1 heterocycles. The van der Waals surface area contributed by atoms with Gasteiger partial charge in [0.05, 0.1) is 19.3 Å². The number of ether oxygens (including phenoxy) is 2. The number of guanidine groups is 1. The molecule has 1 aromatic carbocycles. The van der Waals surface area contributed by atoms with Gasteiger partial charge in [-0.25, -0.2) is 4.99 Å². The summed E-state index contributed by atoms with van der Waals surface area (Å²) < 4.78 is 12.9. The molecule has 0 unspecified atom stereocenters. The van der Waals surface area contributed by atoms with Crippen molar-refractivity contribution >= 4 is 5.96 Å². The van der Waals surface area contributed by atoms with Crippen molar-refractivity contribution in [3.05, 3.63) is 47.3 Å². The Hall–Kier alpha value is -2.54. The van der Waals surface area contributed by atoms with Crippen molar-refractivity contribution in [3.8, 4) is 5.75 Å². The second-order valence-corrected chi connectivity index (χ2v) is 7.05. The molecule has 0 amide bonds. The second-order valence-electron chi connectivity index (χ2n) is 7.05.